The number of carbonyl (C=O) groups excluding carboxylic acids is 1. The van der Waals surface area contributed by atoms with E-state index in [1.807, 2.05) is 12.3 Å². The van der Waals surface area contributed by atoms with Crippen molar-refractivity contribution in [2.45, 2.75) is 12.6 Å². The van der Waals surface area contributed by atoms with E-state index in [0.29, 0.717) is 39.3 Å². The van der Waals surface area contributed by atoms with E-state index in [0.717, 1.165) is 0 Å². The Morgan fingerprint density at radius 1 is 1.38 bits per heavy atom. The first kappa shape index (κ1) is 17.9. The first-order chi connectivity index (χ1) is 12.6. The number of hydrogen-bond donors (Lipinski definition) is 2. The molecule has 0 aromatic carbocycles. The van der Waals surface area contributed by atoms with Gasteiger partial charge in [0.25, 0.3) is 5.56 Å². The van der Waals surface area contributed by atoms with Crippen LogP contribution < -0.4 is 16.2 Å². The lowest BCUT2D eigenvalue weighted by atomic mass is 10.2. The van der Waals surface area contributed by atoms with E-state index in [1.54, 1.807) is 35.2 Å². The fraction of sp³-hybridized carbons (Fsp3) is 0.500. The number of aryl methyl sites for hydroxylation is 1. The van der Waals surface area contributed by atoms with Gasteiger partial charge in [0.05, 0.1) is 25.8 Å². The molecule has 2 aromatic heterocycles. The highest BCUT2D eigenvalue weighted by atomic mass is 16.5. The molecule has 3 rings (SSSR count). The maximum Gasteiger partial charge on any atom is 0.317 e. The normalized spacial score (nSPS) is 17.1. The zero-order valence-electron chi connectivity index (χ0n) is 14.7. The zero-order chi connectivity index (χ0) is 18.4. The summed E-state index contributed by atoms with van der Waals surface area (Å²) in [7, 11) is 1.67. The summed E-state index contributed by atoms with van der Waals surface area (Å²) in [6.45, 7) is 2.98. The molecule has 10 heteroatoms. The summed E-state index contributed by atoms with van der Waals surface area (Å²) in [6, 6.07) is 1.72. The van der Waals surface area contributed by atoms with Gasteiger partial charge in [-0.1, -0.05) is 0 Å². The number of ether oxygens (including phenoxy) is 1. The van der Waals surface area contributed by atoms with Crippen molar-refractivity contribution < 1.29 is 9.53 Å². The van der Waals surface area contributed by atoms with Crippen LogP contribution >= 0.6 is 0 Å². The van der Waals surface area contributed by atoms with E-state index in [1.165, 1.54) is 4.57 Å². The van der Waals surface area contributed by atoms with Crippen molar-refractivity contribution in [2.24, 2.45) is 7.05 Å². The van der Waals surface area contributed by atoms with Crippen molar-refractivity contribution in [3.05, 3.63) is 41.2 Å². The molecule has 2 amide bonds. The standard InChI is InChI=1S/C16H23N7O3/c1-21-7-4-17-14(15(21)24)19-11-13-12-22(9-10-26-13)16(25)18-5-8-23-6-2-3-20-23/h2-4,6-7,13H,5,8-12H2,1H3,(H,17,19)(H,18,25)/t13-/m1/s1. The number of aromatic nitrogens is 4. The molecule has 0 saturated carbocycles. The zero-order valence-corrected chi connectivity index (χ0v) is 14.7. The fourth-order valence-electron chi connectivity index (χ4n) is 2.68. The number of anilines is 1. The van der Waals surface area contributed by atoms with Gasteiger partial charge in [-0.3, -0.25) is 9.48 Å². The van der Waals surface area contributed by atoms with E-state index < -0.39 is 0 Å². The van der Waals surface area contributed by atoms with Gasteiger partial charge in [-0.25, -0.2) is 9.78 Å². The molecular weight excluding hydrogens is 338 g/mol. The van der Waals surface area contributed by atoms with Crippen LogP contribution in [0.2, 0.25) is 0 Å². The van der Waals surface area contributed by atoms with Crippen molar-refractivity contribution in [3.8, 4) is 0 Å². The highest BCUT2D eigenvalue weighted by Crippen LogP contribution is 2.06. The second-order valence-electron chi connectivity index (χ2n) is 6.01. The average Bonchev–Trinajstić information content (AvgIpc) is 3.16. The lowest BCUT2D eigenvalue weighted by Gasteiger charge is -2.33. The molecule has 26 heavy (non-hydrogen) atoms. The molecule has 10 nitrogen and oxygen atoms in total. The molecule has 3 heterocycles. The summed E-state index contributed by atoms with van der Waals surface area (Å²) < 4.78 is 8.90. The SMILES string of the molecule is Cn1ccnc(NC[C@@H]2CN(C(=O)NCCn3cccn3)CCO2)c1=O. The largest absolute Gasteiger partial charge is 0.373 e. The number of nitrogens with zero attached hydrogens (tertiary/aromatic N) is 5. The smallest absolute Gasteiger partial charge is 0.317 e. The maximum atomic E-state index is 12.3. The third-order valence-corrected chi connectivity index (χ3v) is 4.12. The lowest BCUT2D eigenvalue weighted by Crippen LogP contribution is -2.51. The van der Waals surface area contributed by atoms with E-state index in [9.17, 15) is 9.59 Å². The first-order valence-corrected chi connectivity index (χ1v) is 8.51. The van der Waals surface area contributed by atoms with Gasteiger partial charge in [-0.05, 0) is 6.07 Å². The topological polar surface area (TPSA) is 106 Å². The Morgan fingerprint density at radius 3 is 3.08 bits per heavy atom. The number of rotatable bonds is 6. The van der Waals surface area contributed by atoms with Crippen molar-refractivity contribution in [1.29, 1.82) is 0 Å². The van der Waals surface area contributed by atoms with Crippen LogP contribution in [-0.2, 0) is 18.3 Å². The van der Waals surface area contributed by atoms with Crippen molar-refractivity contribution in [2.75, 3.05) is 38.1 Å². The van der Waals surface area contributed by atoms with E-state index >= 15 is 0 Å². The fourth-order valence-corrected chi connectivity index (χ4v) is 2.68. The Kier molecular flexibility index (Phi) is 5.84. The molecule has 1 aliphatic rings. The summed E-state index contributed by atoms with van der Waals surface area (Å²) in [6.07, 6.45) is 6.51. The minimum absolute atomic E-state index is 0.126. The third kappa shape index (κ3) is 4.60. The molecule has 0 radical (unpaired) electrons. The van der Waals surface area contributed by atoms with Crippen LogP contribution in [0.15, 0.2) is 35.6 Å². The van der Waals surface area contributed by atoms with Crippen LogP contribution in [0.5, 0.6) is 0 Å². The number of nitrogens with one attached hydrogen (secondary N) is 2. The summed E-state index contributed by atoms with van der Waals surface area (Å²) in [5, 5.41) is 9.99. The van der Waals surface area contributed by atoms with Gasteiger partial charge in [0.1, 0.15) is 0 Å². The monoisotopic (exact) mass is 361 g/mol. The molecule has 1 aliphatic heterocycles. The van der Waals surface area contributed by atoms with Gasteiger partial charge in [-0.15, -0.1) is 0 Å². The molecule has 1 fully saturated rings. The Labute approximate surface area is 150 Å². The molecular formula is C16H23N7O3. The molecule has 2 N–H and O–H groups in total. The van der Waals surface area contributed by atoms with Gasteiger partial charge >= 0.3 is 6.03 Å². The minimum Gasteiger partial charge on any atom is -0.373 e. The van der Waals surface area contributed by atoms with Crippen LogP contribution in [0, 0.1) is 0 Å². The number of amides is 2. The Balaban J connectivity index is 1.45. The third-order valence-electron chi connectivity index (χ3n) is 4.12. The summed E-state index contributed by atoms with van der Waals surface area (Å²) in [5.74, 6) is 0.277. The summed E-state index contributed by atoms with van der Waals surface area (Å²) >= 11 is 0. The predicted molar refractivity (Wildman–Crippen MR) is 94.9 cm³/mol. The number of carbonyl (C=O) groups is 1. The maximum absolute atomic E-state index is 12.3. The van der Waals surface area contributed by atoms with E-state index in [2.05, 4.69) is 20.7 Å². The van der Waals surface area contributed by atoms with Crippen LogP contribution in [0.1, 0.15) is 0 Å². The molecule has 2 aromatic rings. The van der Waals surface area contributed by atoms with Gasteiger partial charge in [0, 0.05) is 51.5 Å². The predicted octanol–water partition coefficient (Wildman–Crippen LogP) is -0.501. The van der Waals surface area contributed by atoms with E-state index in [-0.39, 0.29) is 23.5 Å². The molecule has 0 spiro atoms. The van der Waals surface area contributed by atoms with Crippen molar-refractivity contribution in [1.82, 2.24) is 29.5 Å². The quantitative estimate of drug-likeness (QED) is 0.718. The van der Waals surface area contributed by atoms with E-state index in [4.69, 9.17) is 4.74 Å². The molecule has 1 saturated heterocycles. The average molecular weight is 361 g/mol. The molecule has 0 aliphatic carbocycles. The Morgan fingerprint density at radius 2 is 2.27 bits per heavy atom. The second kappa shape index (κ2) is 8.48. The Hall–Kier alpha value is -2.88. The van der Waals surface area contributed by atoms with Crippen molar-refractivity contribution in [3.63, 3.8) is 0 Å². The van der Waals surface area contributed by atoms with Crippen LogP contribution in [0.25, 0.3) is 0 Å². The highest BCUT2D eigenvalue weighted by molar-refractivity contribution is 5.74. The van der Waals surface area contributed by atoms with Crippen LogP contribution in [-0.4, -0.2) is 69.2 Å². The number of hydrogen-bond acceptors (Lipinski definition) is 6. The number of morpholine rings is 1. The molecule has 1 atom stereocenters. The Bertz CT molecular complexity index is 774. The minimum atomic E-state index is -0.202. The van der Waals surface area contributed by atoms with Crippen LogP contribution in [0.3, 0.4) is 0 Å². The molecule has 0 bridgehead atoms. The first-order valence-electron chi connectivity index (χ1n) is 8.51. The van der Waals surface area contributed by atoms with Gasteiger partial charge in [-0.2, -0.15) is 5.10 Å². The summed E-state index contributed by atoms with van der Waals surface area (Å²) in [5.41, 5.74) is -0.198. The summed E-state index contributed by atoms with van der Waals surface area (Å²) in [4.78, 5) is 30.0. The van der Waals surface area contributed by atoms with Gasteiger partial charge < -0.3 is 24.8 Å². The van der Waals surface area contributed by atoms with Crippen LogP contribution in [0.4, 0.5) is 10.6 Å². The van der Waals surface area contributed by atoms with Gasteiger partial charge in [0.15, 0.2) is 5.82 Å². The second-order valence-corrected chi connectivity index (χ2v) is 6.01. The number of urea groups is 1. The molecule has 140 valence electrons. The van der Waals surface area contributed by atoms with Gasteiger partial charge in [0.2, 0.25) is 0 Å². The highest BCUT2D eigenvalue weighted by Gasteiger charge is 2.24. The van der Waals surface area contributed by atoms with Crippen molar-refractivity contribution >= 4 is 11.8 Å². The lowest BCUT2D eigenvalue weighted by molar-refractivity contribution is -0.00653. The molecule has 0 unspecified atom stereocenters.